The molecule has 0 aromatic heterocycles. The van der Waals surface area contributed by atoms with Gasteiger partial charge in [0.15, 0.2) is 0 Å². The standard InChI is InChI=1S/C15H14ClN3O3/c16-14-4-2-1-3-12(14)9-15(17)18-22-10-11-5-7-13(8-6-11)19(20)21/h1-8H,9-10H2,(H2,17,18). The second-order valence-electron chi connectivity index (χ2n) is 4.55. The normalized spacial score (nSPS) is 11.2. The minimum Gasteiger partial charge on any atom is -0.390 e. The van der Waals surface area contributed by atoms with Crippen LogP contribution in [0.4, 0.5) is 5.69 Å². The molecule has 0 amide bonds. The number of non-ortho nitro benzene ring substituents is 1. The first kappa shape index (κ1) is 15.8. The van der Waals surface area contributed by atoms with E-state index >= 15 is 0 Å². The van der Waals surface area contributed by atoms with E-state index in [-0.39, 0.29) is 12.3 Å². The average molecular weight is 320 g/mol. The summed E-state index contributed by atoms with van der Waals surface area (Å²) >= 11 is 6.03. The molecule has 0 aliphatic heterocycles. The summed E-state index contributed by atoms with van der Waals surface area (Å²) in [7, 11) is 0. The van der Waals surface area contributed by atoms with Gasteiger partial charge in [0, 0.05) is 23.6 Å². The largest absolute Gasteiger partial charge is 0.390 e. The number of nitro benzene ring substituents is 1. The Balaban J connectivity index is 1.89. The molecule has 0 saturated heterocycles. The molecule has 2 N–H and O–H groups in total. The van der Waals surface area contributed by atoms with Crippen molar-refractivity contribution in [2.45, 2.75) is 13.0 Å². The third-order valence-electron chi connectivity index (χ3n) is 2.89. The van der Waals surface area contributed by atoms with Gasteiger partial charge < -0.3 is 10.6 Å². The highest BCUT2D eigenvalue weighted by Gasteiger charge is 2.05. The minimum absolute atomic E-state index is 0.0329. The lowest BCUT2D eigenvalue weighted by Crippen LogP contribution is -2.15. The first-order valence-corrected chi connectivity index (χ1v) is 6.85. The van der Waals surface area contributed by atoms with E-state index in [1.165, 1.54) is 12.1 Å². The number of hydrogen-bond acceptors (Lipinski definition) is 4. The highest BCUT2D eigenvalue weighted by atomic mass is 35.5. The van der Waals surface area contributed by atoms with E-state index in [4.69, 9.17) is 22.2 Å². The summed E-state index contributed by atoms with van der Waals surface area (Å²) in [5.74, 6) is 0.301. The van der Waals surface area contributed by atoms with Gasteiger partial charge in [0.25, 0.3) is 5.69 Å². The van der Waals surface area contributed by atoms with Crippen LogP contribution in [-0.4, -0.2) is 10.8 Å². The minimum atomic E-state index is -0.454. The van der Waals surface area contributed by atoms with Crippen molar-refractivity contribution in [3.8, 4) is 0 Å². The van der Waals surface area contributed by atoms with E-state index < -0.39 is 4.92 Å². The molecule has 22 heavy (non-hydrogen) atoms. The number of nitro groups is 1. The number of rotatable bonds is 6. The number of nitrogens with two attached hydrogens (primary N) is 1. The lowest BCUT2D eigenvalue weighted by atomic mass is 10.1. The van der Waals surface area contributed by atoms with Gasteiger partial charge in [-0.25, -0.2) is 0 Å². The van der Waals surface area contributed by atoms with Crippen molar-refractivity contribution in [3.05, 3.63) is 74.8 Å². The third kappa shape index (κ3) is 4.46. The van der Waals surface area contributed by atoms with Gasteiger partial charge in [-0.15, -0.1) is 0 Å². The Morgan fingerprint density at radius 1 is 1.23 bits per heavy atom. The van der Waals surface area contributed by atoms with Crippen molar-refractivity contribution in [2.75, 3.05) is 0 Å². The van der Waals surface area contributed by atoms with Crippen molar-refractivity contribution < 1.29 is 9.76 Å². The van der Waals surface area contributed by atoms with Crippen molar-refractivity contribution in [3.63, 3.8) is 0 Å². The van der Waals surface area contributed by atoms with Crippen molar-refractivity contribution in [2.24, 2.45) is 10.9 Å². The van der Waals surface area contributed by atoms with Gasteiger partial charge in [-0.05, 0) is 29.3 Å². The van der Waals surface area contributed by atoms with Crippen LogP contribution in [0.15, 0.2) is 53.7 Å². The highest BCUT2D eigenvalue weighted by Crippen LogP contribution is 2.15. The third-order valence-corrected chi connectivity index (χ3v) is 3.26. The molecule has 0 aliphatic carbocycles. The molecule has 7 heteroatoms. The fraction of sp³-hybridized carbons (Fsp3) is 0.133. The second-order valence-corrected chi connectivity index (χ2v) is 4.96. The maximum atomic E-state index is 10.5. The topological polar surface area (TPSA) is 90.8 Å². The van der Waals surface area contributed by atoms with E-state index in [0.29, 0.717) is 17.3 Å². The van der Waals surface area contributed by atoms with Gasteiger partial charge in [0.1, 0.15) is 12.4 Å². The Morgan fingerprint density at radius 2 is 1.91 bits per heavy atom. The summed E-state index contributed by atoms with van der Waals surface area (Å²) in [5.41, 5.74) is 7.44. The van der Waals surface area contributed by atoms with Crippen molar-refractivity contribution in [1.82, 2.24) is 0 Å². The molecule has 2 aromatic carbocycles. The quantitative estimate of drug-likeness (QED) is 0.383. The monoisotopic (exact) mass is 319 g/mol. The first-order valence-electron chi connectivity index (χ1n) is 6.47. The molecule has 2 aromatic rings. The Labute approximate surface area is 132 Å². The van der Waals surface area contributed by atoms with Crippen LogP contribution in [0.25, 0.3) is 0 Å². The van der Waals surface area contributed by atoms with Crippen LogP contribution in [0.3, 0.4) is 0 Å². The molecule has 0 spiro atoms. The van der Waals surface area contributed by atoms with E-state index in [2.05, 4.69) is 5.16 Å². The predicted molar refractivity (Wildman–Crippen MR) is 84.7 cm³/mol. The molecular formula is C15H14ClN3O3. The summed E-state index contributed by atoms with van der Waals surface area (Å²) < 4.78 is 0. The molecule has 0 aliphatic rings. The number of hydrogen-bond donors (Lipinski definition) is 1. The summed E-state index contributed by atoms with van der Waals surface area (Å²) in [6.45, 7) is 0.182. The summed E-state index contributed by atoms with van der Waals surface area (Å²) in [4.78, 5) is 15.2. The number of amidine groups is 1. The molecule has 0 saturated carbocycles. The number of oxime groups is 1. The molecule has 6 nitrogen and oxygen atoms in total. The fourth-order valence-electron chi connectivity index (χ4n) is 1.77. The molecule has 2 rings (SSSR count). The van der Waals surface area contributed by atoms with Crippen LogP contribution in [0.5, 0.6) is 0 Å². The molecule has 0 heterocycles. The van der Waals surface area contributed by atoms with Crippen LogP contribution < -0.4 is 5.73 Å². The maximum Gasteiger partial charge on any atom is 0.269 e. The van der Waals surface area contributed by atoms with Gasteiger partial charge in [0.2, 0.25) is 0 Å². The van der Waals surface area contributed by atoms with Crippen LogP contribution in [0.2, 0.25) is 5.02 Å². The van der Waals surface area contributed by atoms with Crippen LogP contribution >= 0.6 is 11.6 Å². The molecule has 114 valence electrons. The number of halogens is 1. The van der Waals surface area contributed by atoms with Crippen LogP contribution in [-0.2, 0) is 17.9 Å². The predicted octanol–water partition coefficient (Wildman–Crippen LogP) is 3.28. The summed E-state index contributed by atoms with van der Waals surface area (Å²) in [6.07, 6.45) is 0.389. The Hall–Kier alpha value is -2.60. The Bertz CT molecular complexity index is 687. The van der Waals surface area contributed by atoms with Gasteiger partial charge >= 0.3 is 0 Å². The van der Waals surface area contributed by atoms with Crippen molar-refractivity contribution >= 4 is 23.1 Å². The van der Waals surface area contributed by atoms with Crippen LogP contribution in [0, 0.1) is 10.1 Å². The van der Waals surface area contributed by atoms with Gasteiger partial charge in [0.05, 0.1) is 4.92 Å². The van der Waals surface area contributed by atoms with E-state index in [1.54, 1.807) is 18.2 Å². The number of nitrogens with zero attached hydrogens (tertiary/aromatic N) is 2. The van der Waals surface area contributed by atoms with Gasteiger partial charge in [-0.2, -0.15) is 0 Å². The number of benzene rings is 2. The molecule has 0 unspecified atom stereocenters. The van der Waals surface area contributed by atoms with Crippen molar-refractivity contribution in [1.29, 1.82) is 0 Å². The second kappa shape index (κ2) is 7.42. The Kier molecular flexibility index (Phi) is 5.32. The molecular weight excluding hydrogens is 306 g/mol. The molecule has 0 bridgehead atoms. The summed E-state index contributed by atoms with van der Waals surface area (Å²) in [6, 6.07) is 13.4. The SMILES string of the molecule is N/C(Cc1ccccc1Cl)=N\OCc1ccc([N+](=O)[O-])cc1. The fourth-order valence-corrected chi connectivity index (χ4v) is 1.98. The van der Waals surface area contributed by atoms with E-state index in [1.807, 2.05) is 18.2 Å². The summed E-state index contributed by atoms with van der Waals surface area (Å²) in [5, 5.41) is 15.0. The van der Waals surface area contributed by atoms with Gasteiger partial charge in [-0.3, -0.25) is 10.1 Å². The molecule has 0 fully saturated rings. The lowest BCUT2D eigenvalue weighted by Gasteiger charge is -2.04. The smallest absolute Gasteiger partial charge is 0.269 e. The lowest BCUT2D eigenvalue weighted by molar-refractivity contribution is -0.384. The zero-order valence-corrected chi connectivity index (χ0v) is 12.4. The van der Waals surface area contributed by atoms with Gasteiger partial charge in [-0.1, -0.05) is 35.0 Å². The van der Waals surface area contributed by atoms with E-state index in [0.717, 1.165) is 11.1 Å². The van der Waals surface area contributed by atoms with E-state index in [9.17, 15) is 10.1 Å². The zero-order valence-electron chi connectivity index (χ0n) is 11.6. The maximum absolute atomic E-state index is 10.5. The zero-order chi connectivity index (χ0) is 15.9. The first-order chi connectivity index (χ1) is 10.6. The highest BCUT2D eigenvalue weighted by molar-refractivity contribution is 6.31. The molecule has 0 radical (unpaired) electrons. The average Bonchev–Trinajstić information content (AvgIpc) is 2.50. The Morgan fingerprint density at radius 3 is 2.55 bits per heavy atom. The molecule has 0 atom stereocenters. The van der Waals surface area contributed by atoms with Crippen LogP contribution in [0.1, 0.15) is 11.1 Å².